The number of methoxy groups -OCH3 is 1. The van der Waals surface area contributed by atoms with Crippen molar-refractivity contribution in [3.63, 3.8) is 0 Å². The highest BCUT2D eigenvalue weighted by Crippen LogP contribution is 2.25. The van der Waals surface area contributed by atoms with Crippen LogP contribution in [0.5, 0.6) is 0 Å². The van der Waals surface area contributed by atoms with Crippen molar-refractivity contribution in [2.45, 2.75) is 18.6 Å². The summed E-state index contributed by atoms with van der Waals surface area (Å²) in [6, 6.07) is 8.38. The Morgan fingerprint density at radius 2 is 2.33 bits per heavy atom. The smallest absolute Gasteiger partial charge is 0.0952 e. The summed E-state index contributed by atoms with van der Waals surface area (Å²) < 4.78 is 10.7. The summed E-state index contributed by atoms with van der Waals surface area (Å²) >= 11 is 0. The van der Waals surface area contributed by atoms with Gasteiger partial charge in [0, 0.05) is 20.2 Å². The summed E-state index contributed by atoms with van der Waals surface area (Å²) in [5, 5.41) is 12.8. The molecule has 2 N–H and O–H groups in total. The third-order valence-corrected chi connectivity index (χ3v) is 3.16. The SMILES string of the molecule is COCC(O)CNCC1OCCc2ccccc21. The van der Waals surface area contributed by atoms with Gasteiger partial charge in [-0.25, -0.2) is 0 Å². The summed E-state index contributed by atoms with van der Waals surface area (Å²) in [7, 11) is 1.59. The summed E-state index contributed by atoms with van der Waals surface area (Å²) in [4.78, 5) is 0. The molecule has 0 amide bonds. The first-order chi connectivity index (χ1) is 8.81. The molecule has 1 heterocycles. The van der Waals surface area contributed by atoms with Crippen LogP contribution >= 0.6 is 0 Å². The van der Waals surface area contributed by atoms with Crippen LogP contribution < -0.4 is 5.32 Å². The Kier molecular flexibility index (Phi) is 5.13. The molecule has 0 aliphatic carbocycles. The van der Waals surface area contributed by atoms with Gasteiger partial charge in [-0.2, -0.15) is 0 Å². The Labute approximate surface area is 108 Å². The van der Waals surface area contributed by atoms with Crippen LogP contribution in [0.2, 0.25) is 0 Å². The lowest BCUT2D eigenvalue weighted by Gasteiger charge is -2.26. The molecule has 18 heavy (non-hydrogen) atoms. The predicted molar refractivity (Wildman–Crippen MR) is 69.6 cm³/mol. The quantitative estimate of drug-likeness (QED) is 0.788. The minimum atomic E-state index is -0.464. The molecule has 0 aromatic heterocycles. The molecule has 2 atom stereocenters. The van der Waals surface area contributed by atoms with E-state index < -0.39 is 6.10 Å². The minimum Gasteiger partial charge on any atom is -0.389 e. The van der Waals surface area contributed by atoms with Gasteiger partial charge in [0.05, 0.1) is 25.4 Å². The number of aliphatic hydroxyl groups excluding tert-OH is 1. The fraction of sp³-hybridized carbons (Fsp3) is 0.571. The molecule has 0 fully saturated rings. The van der Waals surface area contributed by atoms with Crippen LogP contribution in [0.3, 0.4) is 0 Å². The first-order valence-corrected chi connectivity index (χ1v) is 6.38. The van der Waals surface area contributed by atoms with E-state index in [-0.39, 0.29) is 6.10 Å². The maximum atomic E-state index is 9.55. The molecule has 2 rings (SSSR count). The molecular weight excluding hydrogens is 230 g/mol. The Hall–Kier alpha value is -0.940. The number of aliphatic hydroxyl groups is 1. The van der Waals surface area contributed by atoms with Crippen molar-refractivity contribution in [1.29, 1.82) is 0 Å². The van der Waals surface area contributed by atoms with Gasteiger partial charge >= 0.3 is 0 Å². The van der Waals surface area contributed by atoms with Gasteiger partial charge in [-0.05, 0) is 17.5 Å². The number of ether oxygens (including phenoxy) is 2. The largest absolute Gasteiger partial charge is 0.389 e. The average Bonchev–Trinajstić information content (AvgIpc) is 2.39. The highest BCUT2D eigenvalue weighted by atomic mass is 16.5. The Morgan fingerprint density at radius 1 is 1.50 bits per heavy atom. The lowest BCUT2D eigenvalue weighted by Crippen LogP contribution is -2.34. The van der Waals surface area contributed by atoms with Gasteiger partial charge in [-0.15, -0.1) is 0 Å². The van der Waals surface area contributed by atoms with Crippen molar-refractivity contribution in [2.75, 3.05) is 33.4 Å². The molecule has 0 saturated carbocycles. The lowest BCUT2D eigenvalue weighted by molar-refractivity contribution is 0.0336. The number of rotatable bonds is 6. The summed E-state index contributed by atoms with van der Waals surface area (Å²) in [5.74, 6) is 0. The zero-order valence-electron chi connectivity index (χ0n) is 10.8. The van der Waals surface area contributed by atoms with Gasteiger partial charge in [-0.3, -0.25) is 0 Å². The topological polar surface area (TPSA) is 50.7 Å². The molecule has 100 valence electrons. The predicted octanol–water partition coefficient (Wildman–Crippen LogP) is 0.897. The second kappa shape index (κ2) is 6.85. The fourth-order valence-corrected chi connectivity index (χ4v) is 2.28. The van der Waals surface area contributed by atoms with Crippen LogP contribution in [0.25, 0.3) is 0 Å². The molecule has 0 radical (unpaired) electrons. The zero-order valence-corrected chi connectivity index (χ0v) is 10.8. The molecule has 1 aliphatic rings. The molecule has 0 spiro atoms. The van der Waals surface area contributed by atoms with Crippen molar-refractivity contribution in [1.82, 2.24) is 5.32 Å². The number of hydrogen-bond acceptors (Lipinski definition) is 4. The van der Waals surface area contributed by atoms with Gasteiger partial charge in [0.25, 0.3) is 0 Å². The number of fused-ring (bicyclic) bond motifs is 1. The number of benzene rings is 1. The van der Waals surface area contributed by atoms with E-state index in [1.807, 2.05) is 6.07 Å². The molecule has 1 aromatic rings. The maximum Gasteiger partial charge on any atom is 0.0952 e. The van der Waals surface area contributed by atoms with E-state index in [1.54, 1.807) is 7.11 Å². The van der Waals surface area contributed by atoms with Gasteiger partial charge in [0.15, 0.2) is 0 Å². The van der Waals surface area contributed by atoms with Gasteiger partial charge in [-0.1, -0.05) is 24.3 Å². The molecule has 4 nitrogen and oxygen atoms in total. The standard InChI is InChI=1S/C14H21NO3/c1-17-10-12(16)8-15-9-14-13-5-3-2-4-11(13)6-7-18-14/h2-5,12,14-16H,6-10H2,1H3. The van der Waals surface area contributed by atoms with E-state index in [2.05, 4.69) is 23.5 Å². The first-order valence-electron chi connectivity index (χ1n) is 6.38. The van der Waals surface area contributed by atoms with Crippen molar-refractivity contribution in [3.05, 3.63) is 35.4 Å². The minimum absolute atomic E-state index is 0.0877. The van der Waals surface area contributed by atoms with Crippen molar-refractivity contribution in [2.24, 2.45) is 0 Å². The second-order valence-electron chi connectivity index (χ2n) is 4.58. The van der Waals surface area contributed by atoms with Crippen LogP contribution in [0.4, 0.5) is 0 Å². The second-order valence-corrected chi connectivity index (χ2v) is 4.58. The third-order valence-electron chi connectivity index (χ3n) is 3.16. The number of hydrogen-bond donors (Lipinski definition) is 2. The fourth-order valence-electron chi connectivity index (χ4n) is 2.28. The Bertz CT molecular complexity index is 370. The van der Waals surface area contributed by atoms with E-state index in [0.29, 0.717) is 13.2 Å². The zero-order chi connectivity index (χ0) is 12.8. The molecule has 1 aliphatic heterocycles. The Balaban J connectivity index is 1.84. The lowest BCUT2D eigenvalue weighted by atomic mass is 9.97. The van der Waals surface area contributed by atoms with Gasteiger partial charge in [0.2, 0.25) is 0 Å². The van der Waals surface area contributed by atoms with E-state index >= 15 is 0 Å². The Morgan fingerprint density at radius 3 is 3.17 bits per heavy atom. The summed E-state index contributed by atoms with van der Waals surface area (Å²) in [5.41, 5.74) is 2.63. The van der Waals surface area contributed by atoms with Crippen LogP contribution in [0, 0.1) is 0 Å². The molecule has 2 unspecified atom stereocenters. The van der Waals surface area contributed by atoms with Crippen LogP contribution in [-0.4, -0.2) is 44.6 Å². The molecular formula is C14H21NO3. The van der Waals surface area contributed by atoms with E-state index in [4.69, 9.17) is 9.47 Å². The molecule has 0 saturated heterocycles. The summed E-state index contributed by atoms with van der Waals surface area (Å²) in [6.45, 7) is 2.37. The van der Waals surface area contributed by atoms with E-state index in [9.17, 15) is 5.11 Å². The molecule has 4 heteroatoms. The molecule has 1 aromatic carbocycles. The van der Waals surface area contributed by atoms with E-state index in [0.717, 1.165) is 19.6 Å². The van der Waals surface area contributed by atoms with E-state index in [1.165, 1.54) is 11.1 Å². The third kappa shape index (κ3) is 3.53. The van der Waals surface area contributed by atoms with Crippen molar-refractivity contribution >= 4 is 0 Å². The summed E-state index contributed by atoms with van der Waals surface area (Å²) in [6.07, 6.45) is 0.609. The maximum absolute atomic E-state index is 9.55. The highest BCUT2D eigenvalue weighted by Gasteiger charge is 2.20. The first kappa shape index (κ1) is 13.5. The highest BCUT2D eigenvalue weighted by molar-refractivity contribution is 5.31. The average molecular weight is 251 g/mol. The van der Waals surface area contributed by atoms with Crippen molar-refractivity contribution < 1.29 is 14.6 Å². The van der Waals surface area contributed by atoms with Gasteiger partial charge < -0.3 is 19.9 Å². The van der Waals surface area contributed by atoms with Crippen molar-refractivity contribution in [3.8, 4) is 0 Å². The number of nitrogens with one attached hydrogen (secondary N) is 1. The monoisotopic (exact) mass is 251 g/mol. The van der Waals surface area contributed by atoms with Crippen LogP contribution in [-0.2, 0) is 15.9 Å². The van der Waals surface area contributed by atoms with Gasteiger partial charge in [0.1, 0.15) is 0 Å². The molecule has 0 bridgehead atoms. The van der Waals surface area contributed by atoms with Crippen LogP contribution in [0.15, 0.2) is 24.3 Å². The normalized spacial score (nSPS) is 20.4. The van der Waals surface area contributed by atoms with Crippen LogP contribution in [0.1, 0.15) is 17.2 Å².